The van der Waals surface area contributed by atoms with Crippen molar-refractivity contribution in [1.29, 1.82) is 0 Å². The maximum Gasteiger partial charge on any atom is 0.335 e. The van der Waals surface area contributed by atoms with Crippen LogP contribution in [0.5, 0.6) is 0 Å². The van der Waals surface area contributed by atoms with E-state index in [1.54, 1.807) is 26.8 Å². The fourth-order valence-corrected chi connectivity index (χ4v) is 10.2. The Labute approximate surface area is 205 Å². The summed E-state index contributed by atoms with van der Waals surface area (Å²) < 4.78 is 5.96. The number of carbonyl (C=O) groups is 3. The number of aliphatic hydroxyl groups is 3. The third-order valence-electron chi connectivity index (χ3n) is 12.3. The van der Waals surface area contributed by atoms with E-state index in [9.17, 15) is 29.7 Å². The largest absolute Gasteiger partial charge is 0.440 e. The summed E-state index contributed by atoms with van der Waals surface area (Å²) in [6.45, 7) is 8.97. The monoisotopic (exact) mass is 484 g/mol. The lowest BCUT2D eigenvalue weighted by Gasteiger charge is -2.70. The minimum Gasteiger partial charge on any atom is -0.440 e. The molecule has 4 fully saturated rings. The Kier molecular flexibility index (Phi) is 4.40. The molecule has 11 atom stereocenters. The van der Waals surface area contributed by atoms with Crippen LogP contribution in [0, 0.1) is 40.4 Å². The molecular formula is C28H36O7. The zero-order chi connectivity index (χ0) is 25.5. The summed E-state index contributed by atoms with van der Waals surface area (Å²) >= 11 is 0. The van der Waals surface area contributed by atoms with Crippen LogP contribution < -0.4 is 0 Å². The number of rotatable bonds is 0. The molecule has 0 unspecified atom stereocenters. The molecule has 6 rings (SSSR count). The van der Waals surface area contributed by atoms with Crippen LogP contribution in [0.1, 0.15) is 66.7 Å². The Balaban J connectivity index is 1.62. The van der Waals surface area contributed by atoms with E-state index in [2.05, 4.69) is 0 Å². The summed E-state index contributed by atoms with van der Waals surface area (Å²) in [7, 11) is 0. The highest BCUT2D eigenvalue weighted by atomic mass is 16.6. The predicted molar refractivity (Wildman–Crippen MR) is 125 cm³/mol. The lowest BCUT2D eigenvalue weighted by molar-refractivity contribution is -0.302. The standard InChI is InChI=1S/C28H36O7/c1-13-15(3)28(35-23(13)32)22(31)14(2)17-8-9-18-16-11-21(30)26(33)10-6-7-20(29)25(26,5)19(16)12-27(28,34)24(17,18)4/h6-7,14,16-19,21,30,33-34H,8-12H2,1-5H3/t14-,16-,17+,18-,19-,21+,24+,25-,26-,27+,28-/m0/s1. The molecule has 1 heterocycles. The zero-order valence-corrected chi connectivity index (χ0v) is 21.1. The van der Waals surface area contributed by atoms with Gasteiger partial charge in [0.15, 0.2) is 11.6 Å². The van der Waals surface area contributed by atoms with Crippen LogP contribution in [0.2, 0.25) is 0 Å². The van der Waals surface area contributed by atoms with Crippen LogP contribution in [0.15, 0.2) is 23.3 Å². The molecule has 0 saturated heterocycles. The van der Waals surface area contributed by atoms with Crippen LogP contribution >= 0.6 is 0 Å². The molecule has 3 N–H and O–H groups in total. The van der Waals surface area contributed by atoms with E-state index >= 15 is 0 Å². The molecule has 0 amide bonds. The first kappa shape index (κ1) is 23.6. The van der Waals surface area contributed by atoms with Crippen molar-refractivity contribution in [3.63, 3.8) is 0 Å². The molecule has 35 heavy (non-hydrogen) atoms. The minimum absolute atomic E-state index is 0.0443. The van der Waals surface area contributed by atoms with Crippen molar-refractivity contribution < 1.29 is 34.4 Å². The summed E-state index contributed by atoms with van der Waals surface area (Å²) in [5, 5.41) is 36.0. The number of aliphatic hydroxyl groups excluding tert-OH is 1. The molecule has 0 bridgehead atoms. The van der Waals surface area contributed by atoms with Gasteiger partial charge in [-0.05, 0) is 88.2 Å². The van der Waals surface area contributed by atoms with E-state index in [1.165, 1.54) is 6.08 Å². The summed E-state index contributed by atoms with van der Waals surface area (Å²) in [5.74, 6) is -2.32. The first-order valence-electron chi connectivity index (χ1n) is 13.0. The summed E-state index contributed by atoms with van der Waals surface area (Å²) in [6, 6.07) is 0. The van der Waals surface area contributed by atoms with Gasteiger partial charge in [-0.25, -0.2) is 4.79 Å². The lowest BCUT2D eigenvalue weighted by Crippen LogP contribution is -2.80. The number of esters is 1. The van der Waals surface area contributed by atoms with Crippen LogP contribution in [-0.4, -0.2) is 55.8 Å². The van der Waals surface area contributed by atoms with Gasteiger partial charge < -0.3 is 20.1 Å². The van der Waals surface area contributed by atoms with E-state index in [1.807, 2.05) is 13.8 Å². The normalized spacial score (nSPS) is 56.7. The third-order valence-corrected chi connectivity index (χ3v) is 12.3. The second-order valence-electron chi connectivity index (χ2n) is 12.7. The predicted octanol–water partition coefficient (Wildman–Crippen LogP) is 2.27. The quantitative estimate of drug-likeness (QED) is 0.451. The van der Waals surface area contributed by atoms with Crippen molar-refractivity contribution in [2.45, 2.75) is 89.6 Å². The molecule has 0 aromatic rings. The molecule has 1 spiro atoms. The molecule has 5 aliphatic carbocycles. The summed E-state index contributed by atoms with van der Waals surface area (Å²) in [4.78, 5) is 40.5. The topological polar surface area (TPSA) is 121 Å². The van der Waals surface area contributed by atoms with Crippen molar-refractivity contribution in [2.24, 2.45) is 40.4 Å². The highest BCUT2D eigenvalue weighted by molar-refractivity contribution is 6.05. The molecule has 0 aromatic heterocycles. The fraction of sp³-hybridized carbons (Fsp3) is 0.750. The lowest BCUT2D eigenvalue weighted by atomic mass is 9.35. The third kappa shape index (κ3) is 2.13. The SMILES string of the molecule is CC1=C(C)[C@]2(OC1=O)C(=O)[C@@H](C)[C@H]1CC[C@H]3[C@@H]4C[C@@H](O)[C@@]5(O)CC=CC(=O)[C@]5(C)[C@H]4C[C@@]2(O)[C@]13C. The highest BCUT2D eigenvalue weighted by Gasteiger charge is 2.83. The van der Waals surface area contributed by atoms with Gasteiger partial charge in [0.25, 0.3) is 0 Å². The average Bonchev–Trinajstić information content (AvgIpc) is 3.28. The average molecular weight is 485 g/mol. The summed E-state index contributed by atoms with van der Waals surface area (Å²) in [5.41, 5.74) is -6.48. The van der Waals surface area contributed by atoms with Gasteiger partial charge in [0, 0.05) is 16.9 Å². The Morgan fingerprint density at radius 2 is 1.69 bits per heavy atom. The second-order valence-corrected chi connectivity index (χ2v) is 12.7. The van der Waals surface area contributed by atoms with Crippen molar-refractivity contribution >= 4 is 17.5 Å². The number of allylic oxidation sites excluding steroid dienone is 1. The molecular weight excluding hydrogens is 448 g/mol. The van der Waals surface area contributed by atoms with Gasteiger partial charge in [0.1, 0.15) is 11.2 Å². The summed E-state index contributed by atoms with van der Waals surface area (Å²) in [6.07, 6.45) is 4.05. The van der Waals surface area contributed by atoms with Crippen molar-refractivity contribution in [2.75, 3.05) is 0 Å². The van der Waals surface area contributed by atoms with Gasteiger partial charge in [0.2, 0.25) is 5.60 Å². The molecule has 6 aliphatic rings. The maximum atomic E-state index is 14.1. The van der Waals surface area contributed by atoms with E-state index in [-0.39, 0.29) is 42.2 Å². The number of ketones is 2. The fourth-order valence-electron chi connectivity index (χ4n) is 10.2. The first-order chi connectivity index (χ1) is 16.2. The van der Waals surface area contributed by atoms with Crippen LogP contribution in [0.4, 0.5) is 0 Å². The van der Waals surface area contributed by atoms with Gasteiger partial charge in [-0.2, -0.15) is 0 Å². The Hall–Kier alpha value is -1.83. The van der Waals surface area contributed by atoms with Crippen LogP contribution in [-0.2, 0) is 19.1 Å². The molecule has 1 aliphatic heterocycles. The van der Waals surface area contributed by atoms with Crippen molar-refractivity contribution in [3.8, 4) is 0 Å². The smallest absolute Gasteiger partial charge is 0.335 e. The number of Topliss-reactive ketones (excluding diaryl/α,β-unsaturated/α-hetero) is 1. The van der Waals surface area contributed by atoms with Crippen LogP contribution in [0.3, 0.4) is 0 Å². The van der Waals surface area contributed by atoms with Gasteiger partial charge in [0.05, 0.1) is 11.5 Å². The minimum atomic E-state index is -1.80. The van der Waals surface area contributed by atoms with Crippen molar-refractivity contribution in [3.05, 3.63) is 23.3 Å². The molecule has 0 aromatic carbocycles. The van der Waals surface area contributed by atoms with E-state index in [0.29, 0.717) is 17.6 Å². The van der Waals surface area contributed by atoms with E-state index in [0.717, 1.165) is 12.8 Å². The molecule has 190 valence electrons. The molecule has 0 radical (unpaired) electrons. The van der Waals surface area contributed by atoms with E-state index in [4.69, 9.17) is 4.74 Å². The highest BCUT2D eigenvalue weighted by Crippen LogP contribution is 2.75. The number of hydrogen-bond acceptors (Lipinski definition) is 7. The molecule has 4 saturated carbocycles. The Bertz CT molecular complexity index is 1140. The first-order valence-corrected chi connectivity index (χ1v) is 13.0. The molecule has 7 heteroatoms. The Morgan fingerprint density at radius 3 is 2.31 bits per heavy atom. The second kappa shape index (κ2) is 6.53. The van der Waals surface area contributed by atoms with Gasteiger partial charge >= 0.3 is 5.97 Å². The maximum absolute atomic E-state index is 14.1. The van der Waals surface area contributed by atoms with Crippen LogP contribution in [0.25, 0.3) is 0 Å². The number of carbonyl (C=O) groups excluding carboxylic acids is 3. The molecule has 7 nitrogen and oxygen atoms in total. The van der Waals surface area contributed by atoms with Gasteiger partial charge in [-0.15, -0.1) is 0 Å². The zero-order valence-electron chi connectivity index (χ0n) is 21.1. The number of ether oxygens (including phenoxy) is 1. The van der Waals surface area contributed by atoms with Gasteiger partial charge in [-0.1, -0.05) is 19.9 Å². The van der Waals surface area contributed by atoms with Gasteiger partial charge in [-0.3, -0.25) is 9.59 Å². The van der Waals surface area contributed by atoms with Crippen molar-refractivity contribution in [1.82, 2.24) is 0 Å². The Morgan fingerprint density at radius 1 is 1.03 bits per heavy atom. The number of hydrogen-bond donors (Lipinski definition) is 3. The van der Waals surface area contributed by atoms with E-state index < -0.39 is 51.5 Å². The number of fused-ring (bicyclic) bond motifs is 5.